The quantitative estimate of drug-likeness (QED) is 0.594. The molecule has 0 spiro atoms. The molecular formula is C15H16O. The van der Waals surface area contributed by atoms with Gasteiger partial charge in [-0.25, -0.2) is 0 Å². The summed E-state index contributed by atoms with van der Waals surface area (Å²) < 4.78 is 5.61. The summed E-state index contributed by atoms with van der Waals surface area (Å²) in [5.41, 5.74) is 6.61. The van der Waals surface area contributed by atoms with E-state index < -0.39 is 0 Å². The number of fused-ring (bicyclic) bond motifs is 2. The van der Waals surface area contributed by atoms with E-state index in [1.807, 2.05) is 6.26 Å². The Labute approximate surface area is 95.8 Å². The molecule has 1 aliphatic carbocycles. The summed E-state index contributed by atoms with van der Waals surface area (Å²) in [6.07, 6.45) is 7.46. The Bertz CT molecular complexity index is 587. The molecule has 1 heteroatoms. The lowest BCUT2D eigenvalue weighted by Crippen LogP contribution is -2.04. The predicted octanol–water partition coefficient (Wildman–Crippen LogP) is 4.27. The Morgan fingerprint density at radius 1 is 1.31 bits per heavy atom. The molecule has 1 aliphatic rings. The summed E-state index contributed by atoms with van der Waals surface area (Å²) in [5, 5.41) is 1.31. The van der Waals surface area contributed by atoms with E-state index in [9.17, 15) is 0 Å². The lowest BCUT2D eigenvalue weighted by molar-refractivity contribution is 0.612. The van der Waals surface area contributed by atoms with Gasteiger partial charge in [0.05, 0.1) is 6.26 Å². The molecule has 0 saturated carbocycles. The van der Waals surface area contributed by atoms with Crippen LogP contribution in [0.1, 0.15) is 35.1 Å². The molecule has 0 fully saturated rings. The summed E-state index contributed by atoms with van der Waals surface area (Å²) in [7, 11) is 0. The maximum absolute atomic E-state index is 5.61. The van der Waals surface area contributed by atoms with E-state index in [0.29, 0.717) is 5.92 Å². The average Bonchev–Trinajstić information content (AvgIpc) is 2.60. The topological polar surface area (TPSA) is 13.1 Å². The first-order valence-corrected chi connectivity index (χ1v) is 5.85. The molecule has 2 aromatic rings. The lowest BCUT2D eigenvalue weighted by atomic mass is 9.84. The van der Waals surface area contributed by atoms with E-state index in [2.05, 4.69) is 39.0 Å². The van der Waals surface area contributed by atoms with Gasteiger partial charge in [-0.2, -0.15) is 0 Å². The Balaban J connectivity index is 2.41. The molecule has 0 amide bonds. The normalized spacial score (nSPS) is 19.1. The van der Waals surface area contributed by atoms with Gasteiger partial charge in [-0.3, -0.25) is 0 Å². The van der Waals surface area contributed by atoms with E-state index in [1.165, 1.54) is 27.6 Å². The highest BCUT2D eigenvalue weighted by molar-refractivity contribution is 5.87. The maximum atomic E-state index is 5.61. The first kappa shape index (κ1) is 9.71. The number of benzene rings is 1. The minimum atomic E-state index is 0.530. The van der Waals surface area contributed by atoms with Gasteiger partial charge >= 0.3 is 0 Å². The fraction of sp³-hybridized carbons (Fsp3) is 0.333. The fourth-order valence-electron chi connectivity index (χ4n) is 2.96. The molecule has 0 N–H and O–H groups in total. The average molecular weight is 212 g/mol. The first-order valence-electron chi connectivity index (χ1n) is 5.85. The van der Waals surface area contributed by atoms with Crippen LogP contribution in [0.25, 0.3) is 11.0 Å². The monoisotopic (exact) mass is 212 g/mol. The van der Waals surface area contributed by atoms with Crippen molar-refractivity contribution in [1.29, 1.82) is 0 Å². The van der Waals surface area contributed by atoms with Gasteiger partial charge in [0.1, 0.15) is 5.58 Å². The van der Waals surface area contributed by atoms with Crippen molar-refractivity contribution in [2.45, 2.75) is 33.1 Å². The number of hydrogen-bond donors (Lipinski definition) is 0. The van der Waals surface area contributed by atoms with Gasteiger partial charge in [0.25, 0.3) is 0 Å². The highest BCUT2D eigenvalue weighted by atomic mass is 16.3. The highest BCUT2D eigenvalue weighted by Gasteiger charge is 2.18. The molecule has 0 saturated heterocycles. The highest BCUT2D eigenvalue weighted by Crippen LogP contribution is 2.36. The molecule has 82 valence electrons. The van der Waals surface area contributed by atoms with Gasteiger partial charge < -0.3 is 4.42 Å². The van der Waals surface area contributed by atoms with Crippen LogP contribution in [0.2, 0.25) is 0 Å². The zero-order valence-electron chi connectivity index (χ0n) is 10.0. The summed E-state index contributed by atoms with van der Waals surface area (Å²) in [6.45, 7) is 6.61. The number of aryl methyl sites for hydroxylation is 2. The van der Waals surface area contributed by atoms with Gasteiger partial charge in [-0.05, 0) is 54.5 Å². The van der Waals surface area contributed by atoms with Crippen molar-refractivity contribution in [3.63, 3.8) is 0 Å². The summed E-state index contributed by atoms with van der Waals surface area (Å²) in [5.74, 6) is 0.530. The second-order valence-corrected chi connectivity index (χ2v) is 4.79. The number of furan rings is 1. The van der Waals surface area contributed by atoms with Crippen LogP contribution in [0, 0.1) is 13.8 Å². The van der Waals surface area contributed by atoms with E-state index >= 15 is 0 Å². The minimum absolute atomic E-state index is 0.530. The second-order valence-electron chi connectivity index (χ2n) is 4.79. The Hall–Kier alpha value is -1.50. The van der Waals surface area contributed by atoms with Crippen molar-refractivity contribution >= 4 is 11.0 Å². The van der Waals surface area contributed by atoms with E-state index in [-0.39, 0.29) is 0 Å². The van der Waals surface area contributed by atoms with Crippen molar-refractivity contribution in [1.82, 2.24) is 0 Å². The number of rotatable bonds is 0. The Morgan fingerprint density at radius 3 is 2.94 bits per heavy atom. The first-order chi connectivity index (χ1) is 7.68. The van der Waals surface area contributed by atoms with Crippen LogP contribution in [0.3, 0.4) is 0 Å². The van der Waals surface area contributed by atoms with Gasteiger partial charge in [0, 0.05) is 5.39 Å². The third-order valence-electron chi connectivity index (χ3n) is 3.65. The molecule has 1 aromatic carbocycles. The Kier molecular flexibility index (Phi) is 1.97. The standard InChI is InChI=1S/C15H16O/c1-9-5-4-6-12-7-13-15(10(2)8-16-13)11(3)14(9)12/h4-5,7-9H,6H2,1-3H3/t9-/m0/s1. The van der Waals surface area contributed by atoms with Crippen LogP contribution >= 0.6 is 0 Å². The van der Waals surface area contributed by atoms with Crippen LogP contribution in [-0.4, -0.2) is 0 Å². The minimum Gasteiger partial charge on any atom is -0.464 e. The van der Waals surface area contributed by atoms with Crippen LogP contribution in [-0.2, 0) is 6.42 Å². The molecule has 16 heavy (non-hydrogen) atoms. The van der Waals surface area contributed by atoms with Gasteiger partial charge in [-0.1, -0.05) is 19.1 Å². The van der Waals surface area contributed by atoms with Crippen molar-refractivity contribution < 1.29 is 4.42 Å². The van der Waals surface area contributed by atoms with E-state index in [1.54, 1.807) is 0 Å². The molecular weight excluding hydrogens is 196 g/mol. The maximum Gasteiger partial charge on any atom is 0.134 e. The zero-order valence-corrected chi connectivity index (χ0v) is 10.0. The van der Waals surface area contributed by atoms with Gasteiger partial charge in [-0.15, -0.1) is 0 Å². The summed E-state index contributed by atoms with van der Waals surface area (Å²) in [6, 6.07) is 2.21. The summed E-state index contributed by atoms with van der Waals surface area (Å²) in [4.78, 5) is 0. The second kappa shape index (κ2) is 3.24. The molecule has 1 atom stereocenters. The SMILES string of the molecule is Cc1coc2cc3c(c(C)c12)[C@@H](C)C=CC3. The number of hydrogen-bond acceptors (Lipinski definition) is 1. The smallest absolute Gasteiger partial charge is 0.134 e. The van der Waals surface area contributed by atoms with Crippen molar-refractivity contribution in [3.8, 4) is 0 Å². The van der Waals surface area contributed by atoms with Gasteiger partial charge in [0.2, 0.25) is 0 Å². The fourth-order valence-corrected chi connectivity index (χ4v) is 2.96. The largest absolute Gasteiger partial charge is 0.464 e. The molecule has 0 unspecified atom stereocenters. The third-order valence-corrected chi connectivity index (χ3v) is 3.65. The Morgan fingerprint density at radius 2 is 2.12 bits per heavy atom. The molecule has 0 aliphatic heterocycles. The zero-order chi connectivity index (χ0) is 11.3. The van der Waals surface area contributed by atoms with E-state index in [0.717, 1.165) is 12.0 Å². The number of allylic oxidation sites excluding steroid dienone is 2. The molecule has 1 aromatic heterocycles. The van der Waals surface area contributed by atoms with Crippen molar-refractivity contribution in [2.24, 2.45) is 0 Å². The van der Waals surface area contributed by atoms with Crippen LogP contribution < -0.4 is 0 Å². The molecule has 1 heterocycles. The molecule has 0 radical (unpaired) electrons. The predicted molar refractivity (Wildman–Crippen MR) is 66.9 cm³/mol. The van der Waals surface area contributed by atoms with Crippen molar-refractivity contribution in [2.75, 3.05) is 0 Å². The summed E-state index contributed by atoms with van der Waals surface area (Å²) >= 11 is 0. The molecule has 0 bridgehead atoms. The van der Waals surface area contributed by atoms with Gasteiger partial charge in [0.15, 0.2) is 0 Å². The van der Waals surface area contributed by atoms with Crippen LogP contribution in [0.5, 0.6) is 0 Å². The van der Waals surface area contributed by atoms with E-state index in [4.69, 9.17) is 4.42 Å². The lowest BCUT2D eigenvalue weighted by Gasteiger charge is -2.20. The van der Waals surface area contributed by atoms with Crippen LogP contribution in [0.15, 0.2) is 28.9 Å². The van der Waals surface area contributed by atoms with Crippen molar-refractivity contribution in [3.05, 3.63) is 46.7 Å². The van der Waals surface area contributed by atoms with Crippen LogP contribution in [0.4, 0.5) is 0 Å². The molecule has 3 rings (SSSR count). The third kappa shape index (κ3) is 1.18. The molecule has 1 nitrogen and oxygen atoms in total.